The molecule has 1 atom stereocenters. The zero-order chi connectivity index (χ0) is 27.9. The van der Waals surface area contributed by atoms with Crippen LogP contribution in [0, 0.1) is 12.7 Å². The standard InChI is InChI=1S/C28H31ClFN3O4S/c1-4-31-28(35)26(16-21-11-6-5-7-12-21)32(18-22-13-9-8-10-20(22)2)27(34)19-33(38(3,36)37)23-14-15-25(30)24(29)17-23/h5-15,17,26H,4,16,18-19H2,1-3H3,(H,31,35)/t26-/m1/s1. The Hall–Kier alpha value is -3.43. The third-order valence-electron chi connectivity index (χ3n) is 6.09. The van der Waals surface area contributed by atoms with Gasteiger partial charge in [0.2, 0.25) is 21.8 Å². The molecule has 2 amide bonds. The number of rotatable bonds is 11. The van der Waals surface area contributed by atoms with Crippen molar-refractivity contribution in [1.29, 1.82) is 0 Å². The lowest BCUT2D eigenvalue weighted by molar-refractivity contribution is -0.140. The van der Waals surface area contributed by atoms with Gasteiger partial charge in [0.05, 0.1) is 17.0 Å². The predicted molar refractivity (Wildman–Crippen MR) is 148 cm³/mol. The van der Waals surface area contributed by atoms with Crippen molar-refractivity contribution in [2.24, 2.45) is 0 Å². The fraction of sp³-hybridized carbons (Fsp3) is 0.286. The third kappa shape index (κ3) is 7.55. The van der Waals surface area contributed by atoms with Crippen LogP contribution in [0.2, 0.25) is 5.02 Å². The summed E-state index contributed by atoms with van der Waals surface area (Å²) in [6, 6.07) is 19.3. The Morgan fingerprint density at radius 1 is 1.03 bits per heavy atom. The van der Waals surface area contributed by atoms with Gasteiger partial charge in [0.15, 0.2) is 0 Å². The molecular formula is C28H31ClFN3O4S. The average molecular weight is 560 g/mol. The topological polar surface area (TPSA) is 86.8 Å². The lowest BCUT2D eigenvalue weighted by atomic mass is 10.0. The number of hydrogen-bond donors (Lipinski definition) is 1. The predicted octanol–water partition coefficient (Wildman–Crippen LogP) is 4.33. The highest BCUT2D eigenvalue weighted by Crippen LogP contribution is 2.25. The van der Waals surface area contributed by atoms with E-state index in [1.165, 1.54) is 11.0 Å². The van der Waals surface area contributed by atoms with Gasteiger partial charge in [0.1, 0.15) is 18.4 Å². The van der Waals surface area contributed by atoms with Gasteiger partial charge in [0.25, 0.3) is 0 Å². The molecule has 0 spiro atoms. The fourth-order valence-electron chi connectivity index (χ4n) is 4.07. The SMILES string of the molecule is CCNC(=O)[C@@H](Cc1ccccc1)N(Cc1ccccc1C)C(=O)CN(c1ccc(F)c(Cl)c1)S(C)(=O)=O. The molecule has 1 N–H and O–H groups in total. The maximum absolute atomic E-state index is 13.9. The van der Waals surface area contributed by atoms with Crippen LogP contribution in [0.3, 0.4) is 0 Å². The number of likely N-dealkylation sites (N-methyl/N-ethyl adjacent to an activating group) is 1. The first kappa shape index (κ1) is 29.1. The molecule has 0 aliphatic rings. The normalized spacial score (nSPS) is 12.0. The Morgan fingerprint density at radius 2 is 1.68 bits per heavy atom. The molecule has 0 saturated carbocycles. The van der Waals surface area contributed by atoms with Crippen molar-refractivity contribution in [3.63, 3.8) is 0 Å². The van der Waals surface area contributed by atoms with E-state index in [2.05, 4.69) is 5.32 Å². The van der Waals surface area contributed by atoms with Crippen LogP contribution in [-0.2, 0) is 32.6 Å². The van der Waals surface area contributed by atoms with Gasteiger partial charge in [-0.05, 0) is 48.7 Å². The van der Waals surface area contributed by atoms with E-state index in [9.17, 15) is 22.4 Å². The maximum Gasteiger partial charge on any atom is 0.244 e. The molecular weight excluding hydrogens is 529 g/mol. The second-order valence-electron chi connectivity index (χ2n) is 8.92. The number of anilines is 1. The van der Waals surface area contributed by atoms with Crippen LogP contribution in [0.5, 0.6) is 0 Å². The molecule has 0 aliphatic carbocycles. The molecule has 0 unspecified atom stereocenters. The Labute approximate surface area is 228 Å². The van der Waals surface area contributed by atoms with Gasteiger partial charge in [-0.2, -0.15) is 0 Å². The Bertz CT molecular complexity index is 1390. The minimum atomic E-state index is -3.97. The molecule has 3 aromatic carbocycles. The minimum Gasteiger partial charge on any atom is -0.355 e. The summed E-state index contributed by atoms with van der Waals surface area (Å²) in [6.07, 6.45) is 1.18. The van der Waals surface area contributed by atoms with E-state index in [4.69, 9.17) is 11.6 Å². The summed E-state index contributed by atoms with van der Waals surface area (Å²) in [5.41, 5.74) is 2.63. The van der Waals surface area contributed by atoms with Crippen molar-refractivity contribution in [1.82, 2.24) is 10.2 Å². The van der Waals surface area contributed by atoms with E-state index >= 15 is 0 Å². The second-order valence-corrected chi connectivity index (χ2v) is 11.2. The number of sulfonamides is 1. The van der Waals surface area contributed by atoms with Crippen molar-refractivity contribution in [3.8, 4) is 0 Å². The largest absolute Gasteiger partial charge is 0.355 e. The number of nitrogens with one attached hydrogen (secondary N) is 1. The van der Waals surface area contributed by atoms with E-state index in [1.54, 1.807) is 6.92 Å². The van der Waals surface area contributed by atoms with Crippen LogP contribution in [0.15, 0.2) is 72.8 Å². The lowest BCUT2D eigenvalue weighted by Crippen LogP contribution is -2.53. The molecule has 0 fully saturated rings. The second kappa shape index (κ2) is 12.9. The summed E-state index contributed by atoms with van der Waals surface area (Å²) in [5.74, 6) is -1.66. The first-order chi connectivity index (χ1) is 18.0. The van der Waals surface area contributed by atoms with Crippen LogP contribution < -0.4 is 9.62 Å². The van der Waals surface area contributed by atoms with Gasteiger partial charge in [-0.3, -0.25) is 13.9 Å². The molecule has 202 valence electrons. The molecule has 0 radical (unpaired) electrons. The maximum atomic E-state index is 13.9. The van der Waals surface area contributed by atoms with Gasteiger partial charge in [-0.1, -0.05) is 66.2 Å². The highest BCUT2D eigenvalue weighted by Gasteiger charge is 2.33. The van der Waals surface area contributed by atoms with Crippen LogP contribution >= 0.6 is 11.6 Å². The van der Waals surface area contributed by atoms with Crippen LogP contribution in [0.25, 0.3) is 0 Å². The first-order valence-electron chi connectivity index (χ1n) is 12.1. The van der Waals surface area contributed by atoms with Crippen LogP contribution in [0.1, 0.15) is 23.6 Å². The van der Waals surface area contributed by atoms with Crippen molar-refractivity contribution in [2.75, 3.05) is 23.7 Å². The summed E-state index contributed by atoms with van der Waals surface area (Å²) in [4.78, 5) is 28.6. The summed E-state index contributed by atoms with van der Waals surface area (Å²) in [7, 11) is -3.97. The highest BCUT2D eigenvalue weighted by atomic mass is 35.5. The first-order valence-corrected chi connectivity index (χ1v) is 14.3. The number of halogens is 2. The van der Waals surface area contributed by atoms with Crippen molar-refractivity contribution >= 4 is 39.1 Å². The highest BCUT2D eigenvalue weighted by molar-refractivity contribution is 7.92. The monoisotopic (exact) mass is 559 g/mol. The Kier molecular flexibility index (Phi) is 9.88. The molecule has 0 bridgehead atoms. The van der Waals surface area contributed by atoms with E-state index in [1.807, 2.05) is 61.5 Å². The summed E-state index contributed by atoms with van der Waals surface area (Å²) in [5, 5.41) is 2.53. The zero-order valence-electron chi connectivity index (χ0n) is 21.5. The molecule has 38 heavy (non-hydrogen) atoms. The average Bonchev–Trinajstić information content (AvgIpc) is 2.87. The molecule has 3 aromatic rings. The van der Waals surface area contributed by atoms with Crippen LogP contribution in [-0.4, -0.2) is 50.5 Å². The van der Waals surface area contributed by atoms with Gasteiger partial charge < -0.3 is 10.2 Å². The molecule has 7 nitrogen and oxygen atoms in total. The van der Waals surface area contributed by atoms with Gasteiger partial charge in [0, 0.05) is 19.5 Å². The molecule has 3 rings (SSSR count). The number of hydrogen-bond acceptors (Lipinski definition) is 4. The zero-order valence-corrected chi connectivity index (χ0v) is 23.1. The van der Waals surface area contributed by atoms with Crippen molar-refractivity contribution in [2.45, 2.75) is 32.9 Å². The smallest absolute Gasteiger partial charge is 0.244 e. The Morgan fingerprint density at radius 3 is 2.29 bits per heavy atom. The summed E-state index contributed by atoms with van der Waals surface area (Å²) in [6.45, 7) is 3.54. The molecule has 0 heterocycles. The van der Waals surface area contributed by atoms with E-state index in [0.29, 0.717) is 6.54 Å². The fourth-order valence-corrected chi connectivity index (χ4v) is 5.09. The van der Waals surface area contributed by atoms with E-state index in [-0.39, 0.29) is 29.6 Å². The molecule has 0 saturated heterocycles. The molecule has 0 aromatic heterocycles. The van der Waals surface area contributed by atoms with Crippen molar-refractivity contribution < 1.29 is 22.4 Å². The minimum absolute atomic E-state index is 0.0423. The van der Waals surface area contributed by atoms with Gasteiger partial charge in [-0.15, -0.1) is 0 Å². The number of carbonyl (C=O) groups excluding carboxylic acids is 2. The van der Waals surface area contributed by atoms with Gasteiger partial charge >= 0.3 is 0 Å². The molecule has 10 heteroatoms. The molecule has 0 aliphatic heterocycles. The Balaban J connectivity index is 2.06. The lowest BCUT2D eigenvalue weighted by Gasteiger charge is -2.33. The summed E-state index contributed by atoms with van der Waals surface area (Å²) >= 11 is 5.90. The van der Waals surface area contributed by atoms with Crippen molar-refractivity contribution in [3.05, 3.63) is 100 Å². The number of carbonyl (C=O) groups is 2. The number of nitrogens with zero attached hydrogens (tertiary/aromatic N) is 2. The van der Waals surface area contributed by atoms with Gasteiger partial charge in [-0.25, -0.2) is 12.8 Å². The van der Waals surface area contributed by atoms with E-state index < -0.39 is 34.3 Å². The third-order valence-corrected chi connectivity index (χ3v) is 7.52. The number of aryl methyl sites for hydroxylation is 1. The van der Waals surface area contributed by atoms with E-state index in [0.717, 1.165) is 39.4 Å². The quantitative estimate of drug-likeness (QED) is 0.379. The van der Waals surface area contributed by atoms with Crippen LogP contribution in [0.4, 0.5) is 10.1 Å². The summed E-state index contributed by atoms with van der Waals surface area (Å²) < 4.78 is 40.1. The number of amides is 2. The number of benzene rings is 3.